The second-order valence-electron chi connectivity index (χ2n) is 7.28. The van der Waals surface area contributed by atoms with Crippen LogP contribution in [0.25, 0.3) is 0 Å². The summed E-state index contributed by atoms with van der Waals surface area (Å²) >= 11 is 0. The number of pyridine rings is 1. The van der Waals surface area contributed by atoms with Crippen LogP contribution in [-0.4, -0.2) is 40.9 Å². The zero-order valence-corrected chi connectivity index (χ0v) is 17.5. The van der Waals surface area contributed by atoms with Crippen LogP contribution in [0.5, 0.6) is 5.75 Å². The van der Waals surface area contributed by atoms with Crippen molar-refractivity contribution in [2.24, 2.45) is 0 Å². The monoisotopic (exact) mass is 430 g/mol. The van der Waals surface area contributed by atoms with Crippen LogP contribution in [0.2, 0.25) is 0 Å². The zero-order valence-electron chi connectivity index (χ0n) is 17.5. The predicted molar refractivity (Wildman–Crippen MR) is 119 cm³/mol. The number of ether oxygens (including phenoxy) is 1. The van der Waals surface area contributed by atoms with Crippen molar-refractivity contribution in [1.29, 1.82) is 0 Å². The minimum atomic E-state index is -0.937. The zero-order chi connectivity index (χ0) is 22.5. The van der Waals surface area contributed by atoms with E-state index in [0.29, 0.717) is 17.1 Å². The van der Waals surface area contributed by atoms with E-state index in [0.717, 1.165) is 10.5 Å². The molecule has 1 unspecified atom stereocenters. The Balaban J connectivity index is 1.60. The molecule has 1 saturated heterocycles. The topological polar surface area (TPSA) is 91.8 Å². The third-order valence-corrected chi connectivity index (χ3v) is 5.16. The van der Waals surface area contributed by atoms with Gasteiger partial charge in [0.05, 0.1) is 19.2 Å². The number of para-hydroxylation sites is 1. The number of imide groups is 1. The van der Waals surface area contributed by atoms with E-state index < -0.39 is 18.0 Å². The van der Waals surface area contributed by atoms with Crippen molar-refractivity contribution in [2.45, 2.75) is 19.0 Å². The van der Waals surface area contributed by atoms with Crippen molar-refractivity contribution < 1.29 is 19.1 Å². The fraction of sp³-hybridized carbons (Fsp3) is 0.167. The van der Waals surface area contributed by atoms with Crippen molar-refractivity contribution in [3.63, 3.8) is 0 Å². The van der Waals surface area contributed by atoms with Gasteiger partial charge in [-0.15, -0.1) is 0 Å². The van der Waals surface area contributed by atoms with E-state index in [1.807, 2.05) is 12.1 Å². The molecule has 8 nitrogen and oxygen atoms in total. The van der Waals surface area contributed by atoms with E-state index in [1.165, 1.54) is 12.0 Å². The average molecular weight is 430 g/mol. The van der Waals surface area contributed by atoms with Crippen LogP contribution in [0.15, 0.2) is 79.1 Å². The molecule has 162 valence electrons. The summed E-state index contributed by atoms with van der Waals surface area (Å²) in [6.45, 7) is 0.161. The van der Waals surface area contributed by atoms with Crippen molar-refractivity contribution >= 4 is 29.2 Å². The maximum atomic E-state index is 13.3. The molecule has 0 spiro atoms. The number of carbonyl (C=O) groups is 3. The lowest BCUT2D eigenvalue weighted by atomic mass is 10.1. The molecule has 0 aliphatic carbocycles. The van der Waals surface area contributed by atoms with Gasteiger partial charge in [-0.1, -0.05) is 24.3 Å². The van der Waals surface area contributed by atoms with Crippen molar-refractivity contribution in [3.05, 3.63) is 84.7 Å². The molecular weight excluding hydrogens is 408 g/mol. The standard InChI is InChI=1S/C24H22N4O4/c1-32-20-11-9-19(10-12-20)28-23(30)21(14-22(29)26-18-7-3-2-4-8-18)27(24(28)31)16-17-6-5-13-25-15-17/h2-13,15,21H,14,16H2,1H3,(H,26,29). The number of rotatable bonds is 7. The van der Waals surface area contributed by atoms with Crippen molar-refractivity contribution in [2.75, 3.05) is 17.3 Å². The van der Waals surface area contributed by atoms with Gasteiger partial charge >= 0.3 is 6.03 Å². The Bertz CT molecular complexity index is 1100. The summed E-state index contributed by atoms with van der Waals surface area (Å²) in [6.07, 6.45) is 3.11. The largest absolute Gasteiger partial charge is 0.497 e. The minimum absolute atomic E-state index is 0.160. The quantitative estimate of drug-likeness (QED) is 0.580. The molecule has 1 fully saturated rings. The molecule has 0 bridgehead atoms. The predicted octanol–water partition coefficient (Wildman–Crippen LogP) is 3.46. The van der Waals surface area contributed by atoms with Gasteiger partial charge in [-0.25, -0.2) is 9.69 Å². The summed E-state index contributed by atoms with van der Waals surface area (Å²) < 4.78 is 5.16. The first-order chi connectivity index (χ1) is 15.6. The first-order valence-corrected chi connectivity index (χ1v) is 10.1. The fourth-order valence-electron chi connectivity index (χ4n) is 3.58. The molecule has 1 atom stereocenters. The van der Waals surface area contributed by atoms with E-state index in [-0.39, 0.29) is 18.9 Å². The second-order valence-corrected chi connectivity index (χ2v) is 7.28. The number of urea groups is 1. The average Bonchev–Trinajstić information content (AvgIpc) is 3.04. The summed E-state index contributed by atoms with van der Waals surface area (Å²) in [5.41, 5.74) is 1.81. The summed E-state index contributed by atoms with van der Waals surface area (Å²) in [4.78, 5) is 45.9. The molecule has 1 aromatic heterocycles. The molecule has 0 saturated carbocycles. The number of nitrogens with one attached hydrogen (secondary N) is 1. The van der Waals surface area contributed by atoms with Gasteiger partial charge in [0.1, 0.15) is 11.8 Å². The Labute approximate surface area is 185 Å². The Hall–Kier alpha value is -4.20. The van der Waals surface area contributed by atoms with E-state index >= 15 is 0 Å². The normalized spacial score (nSPS) is 15.7. The number of carbonyl (C=O) groups excluding carboxylic acids is 3. The molecule has 3 aromatic rings. The summed E-state index contributed by atoms with van der Waals surface area (Å²) in [7, 11) is 1.54. The highest BCUT2D eigenvalue weighted by Gasteiger charge is 2.46. The van der Waals surface area contributed by atoms with E-state index in [2.05, 4.69) is 10.3 Å². The molecule has 1 N–H and O–H groups in total. The SMILES string of the molecule is COc1ccc(N2C(=O)C(CC(=O)Nc3ccccc3)N(Cc3cccnc3)C2=O)cc1. The summed E-state index contributed by atoms with van der Waals surface area (Å²) in [6, 6.07) is 17.8. The maximum absolute atomic E-state index is 13.3. The fourth-order valence-corrected chi connectivity index (χ4v) is 3.58. The Morgan fingerprint density at radius 1 is 1.03 bits per heavy atom. The van der Waals surface area contributed by atoms with Gasteiger partial charge in [-0.05, 0) is 48.0 Å². The smallest absolute Gasteiger partial charge is 0.332 e. The van der Waals surface area contributed by atoms with Crippen LogP contribution in [0, 0.1) is 0 Å². The number of anilines is 2. The number of benzene rings is 2. The Kier molecular flexibility index (Phi) is 6.12. The summed E-state index contributed by atoms with van der Waals surface area (Å²) in [5, 5.41) is 2.78. The number of aromatic nitrogens is 1. The molecule has 2 aromatic carbocycles. The molecule has 2 heterocycles. The Morgan fingerprint density at radius 2 is 1.78 bits per heavy atom. The lowest BCUT2D eigenvalue weighted by Gasteiger charge is -2.21. The van der Waals surface area contributed by atoms with Gasteiger partial charge in [0.25, 0.3) is 5.91 Å². The lowest BCUT2D eigenvalue weighted by molar-refractivity contribution is -0.124. The minimum Gasteiger partial charge on any atom is -0.497 e. The van der Waals surface area contributed by atoms with Crippen LogP contribution in [0.1, 0.15) is 12.0 Å². The third kappa shape index (κ3) is 4.44. The van der Waals surface area contributed by atoms with E-state index in [4.69, 9.17) is 4.74 Å². The van der Waals surface area contributed by atoms with Crippen LogP contribution in [-0.2, 0) is 16.1 Å². The maximum Gasteiger partial charge on any atom is 0.332 e. The van der Waals surface area contributed by atoms with Gasteiger partial charge in [0.15, 0.2) is 0 Å². The number of hydrogen-bond acceptors (Lipinski definition) is 5. The summed E-state index contributed by atoms with van der Waals surface area (Å²) in [5.74, 6) is -0.193. The van der Waals surface area contributed by atoms with Crippen LogP contribution < -0.4 is 15.0 Å². The van der Waals surface area contributed by atoms with E-state index in [9.17, 15) is 14.4 Å². The van der Waals surface area contributed by atoms with Gasteiger partial charge in [-0.2, -0.15) is 0 Å². The molecule has 4 amide bonds. The second kappa shape index (κ2) is 9.30. The lowest BCUT2D eigenvalue weighted by Crippen LogP contribution is -2.37. The van der Waals surface area contributed by atoms with Gasteiger partial charge < -0.3 is 15.0 Å². The third-order valence-electron chi connectivity index (χ3n) is 5.16. The highest BCUT2D eigenvalue weighted by molar-refractivity contribution is 6.22. The first kappa shape index (κ1) is 21.0. The molecule has 1 aliphatic rings. The highest BCUT2D eigenvalue weighted by Crippen LogP contribution is 2.29. The van der Waals surface area contributed by atoms with Gasteiger partial charge in [-0.3, -0.25) is 14.6 Å². The molecule has 4 rings (SSSR count). The highest BCUT2D eigenvalue weighted by atomic mass is 16.5. The van der Waals surface area contributed by atoms with Gasteiger partial charge in [0, 0.05) is 24.6 Å². The molecular formula is C24H22N4O4. The molecule has 1 aliphatic heterocycles. The van der Waals surface area contributed by atoms with Crippen molar-refractivity contribution in [3.8, 4) is 5.75 Å². The number of methoxy groups -OCH3 is 1. The van der Waals surface area contributed by atoms with Gasteiger partial charge in [0.2, 0.25) is 5.91 Å². The Morgan fingerprint density at radius 3 is 2.44 bits per heavy atom. The number of amides is 4. The van der Waals surface area contributed by atoms with Crippen LogP contribution in [0.4, 0.5) is 16.2 Å². The molecule has 8 heteroatoms. The van der Waals surface area contributed by atoms with Crippen LogP contribution in [0.3, 0.4) is 0 Å². The molecule has 0 radical (unpaired) electrons. The van der Waals surface area contributed by atoms with Crippen molar-refractivity contribution in [1.82, 2.24) is 9.88 Å². The first-order valence-electron chi connectivity index (χ1n) is 10.1. The van der Waals surface area contributed by atoms with Crippen LogP contribution >= 0.6 is 0 Å². The number of hydrogen-bond donors (Lipinski definition) is 1. The van der Waals surface area contributed by atoms with E-state index in [1.54, 1.807) is 67.0 Å². The number of nitrogens with zero attached hydrogens (tertiary/aromatic N) is 3. The molecule has 32 heavy (non-hydrogen) atoms.